The van der Waals surface area contributed by atoms with E-state index in [2.05, 4.69) is 10.6 Å². The van der Waals surface area contributed by atoms with Gasteiger partial charge >= 0.3 is 0 Å². The summed E-state index contributed by atoms with van der Waals surface area (Å²) in [7, 11) is 1.63. The fraction of sp³-hybridized carbons (Fsp3) is 0.148. The molecule has 9 heteroatoms. The number of benzene rings is 3. The highest BCUT2D eigenvalue weighted by Gasteiger charge is 2.18. The zero-order valence-electron chi connectivity index (χ0n) is 19.7. The van der Waals surface area contributed by atoms with Gasteiger partial charge in [-0.15, -0.1) is 0 Å². The smallest absolute Gasteiger partial charge is 0.291 e. The number of carbonyl (C=O) groups excluding carboxylic acids is 2. The molecular weight excluding hydrogens is 466 g/mol. The number of hydrogen-bond donors (Lipinski definition) is 2. The first-order valence-corrected chi connectivity index (χ1v) is 11.2. The SMILES string of the molecule is CN[C@@H](C)C(=O)Nc1cn(-c2ccc(F)cc2)n(Cc2cccc(C(=O)c3ccc(F)cc3)c2)c1=O. The Morgan fingerprint density at radius 2 is 1.56 bits per heavy atom. The molecule has 4 aromatic rings. The van der Waals surface area contributed by atoms with Gasteiger partial charge in [-0.1, -0.05) is 18.2 Å². The van der Waals surface area contributed by atoms with Crippen LogP contribution in [0.1, 0.15) is 28.4 Å². The van der Waals surface area contributed by atoms with E-state index < -0.39 is 23.2 Å². The molecular formula is C27H24F2N4O3. The van der Waals surface area contributed by atoms with E-state index >= 15 is 0 Å². The molecule has 0 fully saturated rings. The Morgan fingerprint density at radius 3 is 2.19 bits per heavy atom. The topological polar surface area (TPSA) is 85.1 Å². The molecule has 7 nitrogen and oxygen atoms in total. The van der Waals surface area contributed by atoms with E-state index in [1.54, 1.807) is 38.2 Å². The molecule has 1 heterocycles. The predicted octanol–water partition coefficient (Wildman–Crippen LogP) is 3.74. The van der Waals surface area contributed by atoms with Gasteiger partial charge in [0.15, 0.2) is 5.78 Å². The molecule has 4 rings (SSSR count). The first-order chi connectivity index (χ1) is 17.3. The van der Waals surface area contributed by atoms with Crippen LogP contribution in [0, 0.1) is 11.6 Å². The number of likely N-dealkylation sites (N-methyl/N-ethyl adjacent to an activating group) is 1. The predicted molar refractivity (Wildman–Crippen MR) is 133 cm³/mol. The second kappa shape index (κ2) is 10.5. The third kappa shape index (κ3) is 5.31. The Labute approximate surface area is 206 Å². The molecule has 0 aliphatic rings. The molecule has 0 unspecified atom stereocenters. The third-order valence-corrected chi connectivity index (χ3v) is 5.78. The van der Waals surface area contributed by atoms with Crippen LogP contribution in [0.15, 0.2) is 83.8 Å². The summed E-state index contributed by atoms with van der Waals surface area (Å²) in [6.07, 6.45) is 1.48. The molecule has 0 aliphatic heterocycles. The molecule has 0 aliphatic carbocycles. The maximum Gasteiger partial charge on any atom is 0.291 e. The number of anilines is 1. The van der Waals surface area contributed by atoms with Gasteiger partial charge < -0.3 is 10.6 Å². The molecule has 0 bridgehead atoms. The van der Waals surface area contributed by atoms with Crippen LogP contribution >= 0.6 is 0 Å². The molecule has 1 atom stereocenters. The fourth-order valence-electron chi connectivity index (χ4n) is 3.65. The second-order valence-electron chi connectivity index (χ2n) is 8.26. The lowest BCUT2D eigenvalue weighted by Gasteiger charge is -2.12. The van der Waals surface area contributed by atoms with Crippen molar-refractivity contribution in [2.24, 2.45) is 0 Å². The van der Waals surface area contributed by atoms with E-state index in [1.807, 2.05) is 0 Å². The van der Waals surface area contributed by atoms with Crippen molar-refractivity contribution in [3.05, 3.63) is 118 Å². The number of rotatable bonds is 8. The fourth-order valence-corrected chi connectivity index (χ4v) is 3.65. The normalized spacial score (nSPS) is 11.8. The van der Waals surface area contributed by atoms with Crippen LogP contribution in [-0.2, 0) is 11.3 Å². The summed E-state index contributed by atoms with van der Waals surface area (Å²) in [4.78, 5) is 38.6. The van der Waals surface area contributed by atoms with Crippen LogP contribution in [-0.4, -0.2) is 34.1 Å². The van der Waals surface area contributed by atoms with Crippen LogP contribution in [0.5, 0.6) is 0 Å². The number of ketones is 1. The van der Waals surface area contributed by atoms with E-state index in [-0.39, 0.29) is 23.9 Å². The van der Waals surface area contributed by atoms with Crippen molar-refractivity contribution < 1.29 is 18.4 Å². The highest BCUT2D eigenvalue weighted by atomic mass is 19.1. The van der Waals surface area contributed by atoms with E-state index in [1.165, 1.54) is 64.1 Å². The van der Waals surface area contributed by atoms with Gasteiger partial charge in [0, 0.05) is 11.1 Å². The minimum atomic E-state index is -0.527. The largest absolute Gasteiger partial charge is 0.319 e. The second-order valence-corrected chi connectivity index (χ2v) is 8.26. The van der Waals surface area contributed by atoms with Crippen LogP contribution in [0.2, 0.25) is 0 Å². The van der Waals surface area contributed by atoms with Gasteiger partial charge in [0.2, 0.25) is 5.91 Å². The standard InChI is InChI=1S/C27H24F2N4O3/c1-17(30-2)26(35)31-24-16-32(23-12-10-22(29)11-13-23)33(27(24)36)15-18-4-3-5-20(14-18)25(34)19-6-8-21(28)9-7-19/h3-14,16-17,30H,15H2,1-2H3,(H,31,35)/t17-/m0/s1. The number of carbonyl (C=O) groups is 2. The zero-order valence-corrected chi connectivity index (χ0v) is 19.7. The molecule has 0 saturated carbocycles. The van der Waals surface area contributed by atoms with Crippen LogP contribution in [0.25, 0.3) is 5.69 Å². The van der Waals surface area contributed by atoms with Gasteiger partial charge in [-0.05, 0) is 74.1 Å². The number of aromatic nitrogens is 2. The quantitative estimate of drug-likeness (QED) is 0.369. The van der Waals surface area contributed by atoms with Crippen LogP contribution in [0.4, 0.5) is 14.5 Å². The summed E-state index contributed by atoms with van der Waals surface area (Å²) < 4.78 is 29.7. The van der Waals surface area contributed by atoms with E-state index in [4.69, 9.17) is 0 Å². The average Bonchev–Trinajstić information content (AvgIpc) is 3.18. The maximum absolute atomic E-state index is 13.5. The monoisotopic (exact) mass is 490 g/mol. The first-order valence-electron chi connectivity index (χ1n) is 11.2. The average molecular weight is 491 g/mol. The number of amides is 1. The van der Waals surface area contributed by atoms with Crippen molar-refractivity contribution in [2.75, 3.05) is 12.4 Å². The molecule has 1 amide bonds. The van der Waals surface area contributed by atoms with Crippen molar-refractivity contribution in [2.45, 2.75) is 19.5 Å². The van der Waals surface area contributed by atoms with Gasteiger partial charge in [-0.25, -0.2) is 13.5 Å². The van der Waals surface area contributed by atoms with E-state index in [0.29, 0.717) is 22.4 Å². The van der Waals surface area contributed by atoms with Crippen molar-refractivity contribution in [3.8, 4) is 5.69 Å². The van der Waals surface area contributed by atoms with Crippen molar-refractivity contribution >= 4 is 17.4 Å². The number of nitrogens with zero attached hydrogens (tertiary/aromatic N) is 2. The Balaban J connectivity index is 1.71. The molecule has 184 valence electrons. The molecule has 36 heavy (non-hydrogen) atoms. The van der Waals surface area contributed by atoms with Gasteiger partial charge in [0.1, 0.15) is 17.3 Å². The van der Waals surface area contributed by atoms with E-state index in [0.717, 1.165) is 0 Å². The minimum Gasteiger partial charge on any atom is -0.319 e. The first kappa shape index (κ1) is 24.7. The lowest BCUT2D eigenvalue weighted by Crippen LogP contribution is -2.36. The van der Waals surface area contributed by atoms with Crippen molar-refractivity contribution in [1.29, 1.82) is 0 Å². The Hall–Kier alpha value is -4.37. The highest BCUT2D eigenvalue weighted by Crippen LogP contribution is 2.16. The molecule has 2 N–H and O–H groups in total. The number of hydrogen-bond acceptors (Lipinski definition) is 4. The maximum atomic E-state index is 13.5. The van der Waals surface area contributed by atoms with E-state index in [9.17, 15) is 23.2 Å². The Bertz CT molecular complexity index is 1460. The molecule has 1 aromatic heterocycles. The summed E-state index contributed by atoms with van der Waals surface area (Å²) in [5.41, 5.74) is 1.46. The van der Waals surface area contributed by atoms with Gasteiger partial charge in [-0.2, -0.15) is 0 Å². The van der Waals surface area contributed by atoms with Crippen LogP contribution < -0.4 is 16.2 Å². The lowest BCUT2D eigenvalue weighted by atomic mass is 10.0. The summed E-state index contributed by atoms with van der Waals surface area (Å²) in [5.74, 6) is -1.53. The van der Waals surface area contributed by atoms with Gasteiger partial charge in [0.05, 0.1) is 24.5 Å². The van der Waals surface area contributed by atoms with Crippen molar-refractivity contribution in [3.63, 3.8) is 0 Å². The number of halogens is 2. The Morgan fingerprint density at radius 1 is 0.917 bits per heavy atom. The Kier molecular flexibility index (Phi) is 7.21. The van der Waals surface area contributed by atoms with Gasteiger partial charge in [0.25, 0.3) is 5.56 Å². The zero-order chi connectivity index (χ0) is 25.8. The molecule has 0 spiro atoms. The molecule has 3 aromatic carbocycles. The summed E-state index contributed by atoms with van der Waals surface area (Å²) >= 11 is 0. The molecule has 0 radical (unpaired) electrons. The summed E-state index contributed by atoms with van der Waals surface area (Å²) in [5, 5.41) is 5.44. The minimum absolute atomic E-state index is 0.0602. The highest BCUT2D eigenvalue weighted by molar-refractivity contribution is 6.09. The lowest BCUT2D eigenvalue weighted by molar-refractivity contribution is -0.117. The summed E-state index contributed by atoms with van der Waals surface area (Å²) in [6, 6.07) is 17.1. The summed E-state index contributed by atoms with van der Waals surface area (Å²) in [6.45, 7) is 1.73. The van der Waals surface area contributed by atoms with Crippen molar-refractivity contribution in [1.82, 2.24) is 14.7 Å². The number of nitrogens with one attached hydrogen (secondary N) is 2. The van der Waals surface area contributed by atoms with Crippen LogP contribution in [0.3, 0.4) is 0 Å². The third-order valence-electron chi connectivity index (χ3n) is 5.78. The molecule has 0 saturated heterocycles. The van der Waals surface area contributed by atoms with Gasteiger partial charge in [-0.3, -0.25) is 19.1 Å².